The van der Waals surface area contributed by atoms with Crippen molar-refractivity contribution in [3.05, 3.63) is 58.6 Å². The first-order valence-electron chi connectivity index (χ1n) is 9.01. The highest BCUT2D eigenvalue weighted by molar-refractivity contribution is 7.80. The Morgan fingerprint density at radius 3 is 2.41 bits per heavy atom. The van der Waals surface area contributed by atoms with Gasteiger partial charge in [0.2, 0.25) is 0 Å². The lowest BCUT2D eigenvalue weighted by Gasteiger charge is -2.29. The van der Waals surface area contributed by atoms with Crippen molar-refractivity contribution in [2.75, 3.05) is 18.1 Å². The molecule has 1 heterocycles. The number of hydrogen-bond acceptors (Lipinski definition) is 5. The highest BCUT2D eigenvalue weighted by Gasteiger charge is 2.34. The van der Waals surface area contributed by atoms with Crippen molar-refractivity contribution < 1.29 is 19.1 Å². The molecule has 0 atom stereocenters. The van der Waals surface area contributed by atoms with Gasteiger partial charge in [0.05, 0.1) is 18.9 Å². The quantitative estimate of drug-likeness (QED) is 0.426. The molecule has 1 saturated heterocycles. The maximum absolute atomic E-state index is 13.1. The molecule has 0 aliphatic carbocycles. The van der Waals surface area contributed by atoms with Crippen molar-refractivity contribution in [3.63, 3.8) is 0 Å². The van der Waals surface area contributed by atoms with Crippen molar-refractivity contribution in [2.45, 2.75) is 13.8 Å². The Kier molecular flexibility index (Phi) is 6.51. The summed E-state index contributed by atoms with van der Waals surface area (Å²) in [6.07, 6.45) is 1.49. The van der Waals surface area contributed by atoms with E-state index in [-0.39, 0.29) is 10.7 Å². The van der Waals surface area contributed by atoms with Gasteiger partial charge in [-0.05, 0) is 68.5 Å². The summed E-state index contributed by atoms with van der Waals surface area (Å²) in [5.41, 5.74) is 1.03. The lowest BCUT2D eigenvalue weighted by molar-refractivity contribution is -0.122. The lowest BCUT2D eigenvalue weighted by atomic mass is 10.1. The molecule has 0 radical (unpaired) electrons. The Bertz CT molecular complexity index is 989. The van der Waals surface area contributed by atoms with Crippen LogP contribution in [0.15, 0.2) is 48.0 Å². The Morgan fingerprint density at radius 2 is 1.76 bits per heavy atom. The van der Waals surface area contributed by atoms with Crippen LogP contribution in [0.2, 0.25) is 5.02 Å². The monoisotopic (exact) mass is 430 g/mol. The van der Waals surface area contributed by atoms with Gasteiger partial charge in [0.25, 0.3) is 11.8 Å². The summed E-state index contributed by atoms with van der Waals surface area (Å²) < 4.78 is 11.2. The Morgan fingerprint density at radius 1 is 1.07 bits per heavy atom. The number of nitrogens with zero attached hydrogens (tertiary/aromatic N) is 1. The Labute approximate surface area is 179 Å². The Balaban J connectivity index is 2.01. The topological polar surface area (TPSA) is 67.9 Å². The minimum absolute atomic E-state index is 0.0104. The third-order valence-corrected chi connectivity index (χ3v) is 4.62. The van der Waals surface area contributed by atoms with Crippen molar-refractivity contribution in [1.82, 2.24) is 5.32 Å². The van der Waals surface area contributed by atoms with Gasteiger partial charge in [0, 0.05) is 16.7 Å². The van der Waals surface area contributed by atoms with Gasteiger partial charge in [-0.25, -0.2) is 0 Å². The lowest BCUT2D eigenvalue weighted by Crippen LogP contribution is -2.54. The number of amides is 2. The molecular formula is C21H19ClN2O4S. The van der Waals surface area contributed by atoms with E-state index in [2.05, 4.69) is 5.32 Å². The number of thiocarbonyl (C=S) groups is 1. The van der Waals surface area contributed by atoms with Crippen LogP contribution >= 0.6 is 23.8 Å². The zero-order valence-corrected chi connectivity index (χ0v) is 17.5. The van der Waals surface area contributed by atoms with Gasteiger partial charge in [0.15, 0.2) is 5.11 Å². The molecule has 8 heteroatoms. The molecule has 2 amide bonds. The molecule has 1 aliphatic heterocycles. The molecule has 2 aromatic carbocycles. The van der Waals surface area contributed by atoms with Gasteiger partial charge < -0.3 is 9.47 Å². The normalized spacial score (nSPS) is 15.5. The van der Waals surface area contributed by atoms with Crippen LogP contribution in [0, 0.1) is 0 Å². The first-order chi connectivity index (χ1) is 13.9. The van der Waals surface area contributed by atoms with E-state index in [9.17, 15) is 9.59 Å². The first kappa shape index (κ1) is 20.8. The van der Waals surface area contributed by atoms with E-state index >= 15 is 0 Å². The van der Waals surface area contributed by atoms with Gasteiger partial charge in [0.1, 0.15) is 17.1 Å². The summed E-state index contributed by atoms with van der Waals surface area (Å²) in [5.74, 6) is 0.0539. The van der Waals surface area contributed by atoms with Crippen LogP contribution in [0.3, 0.4) is 0 Å². The highest BCUT2D eigenvalue weighted by Crippen LogP contribution is 2.29. The average Bonchev–Trinajstić information content (AvgIpc) is 2.68. The summed E-state index contributed by atoms with van der Waals surface area (Å²) in [5, 5.41) is 3.10. The van der Waals surface area contributed by atoms with Crippen molar-refractivity contribution in [3.8, 4) is 11.5 Å². The standard InChI is InChI=1S/C21H19ClN2O4S/c1-3-27-16-10-5-13(18(12-16)28-4-2)11-17-19(25)23-21(29)24(20(17)26)15-8-6-14(22)7-9-15/h5-12H,3-4H2,1-2H3,(H,23,25,29)/b17-11+. The van der Waals surface area contributed by atoms with E-state index < -0.39 is 11.8 Å². The minimum atomic E-state index is -0.568. The third-order valence-electron chi connectivity index (χ3n) is 4.08. The van der Waals surface area contributed by atoms with Gasteiger partial charge >= 0.3 is 0 Å². The van der Waals surface area contributed by atoms with Crippen LogP contribution in [0.1, 0.15) is 19.4 Å². The maximum atomic E-state index is 13.1. The molecule has 150 valence electrons. The van der Waals surface area contributed by atoms with E-state index in [1.165, 1.54) is 11.0 Å². The molecule has 1 fully saturated rings. The summed E-state index contributed by atoms with van der Waals surface area (Å²) >= 11 is 11.1. The molecule has 3 rings (SSSR count). The SMILES string of the molecule is CCOc1ccc(/C=C2\C(=O)NC(=S)N(c3ccc(Cl)cc3)C2=O)c(OCC)c1. The van der Waals surface area contributed by atoms with Gasteiger partial charge in [-0.1, -0.05) is 11.6 Å². The zero-order chi connectivity index (χ0) is 21.0. The summed E-state index contributed by atoms with van der Waals surface area (Å²) in [7, 11) is 0. The van der Waals surface area contributed by atoms with Crippen molar-refractivity contribution >= 4 is 52.5 Å². The molecule has 1 aliphatic rings. The van der Waals surface area contributed by atoms with Crippen LogP contribution in [0.5, 0.6) is 11.5 Å². The number of halogens is 1. The fourth-order valence-electron chi connectivity index (χ4n) is 2.81. The molecule has 0 aromatic heterocycles. The highest BCUT2D eigenvalue weighted by atomic mass is 35.5. The number of ether oxygens (including phenoxy) is 2. The molecule has 0 unspecified atom stereocenters. The number of rotatable bonds is 6. The van der Waals surface area contributed by atoms with Crippen LogP contribution < -0.4 is 19.7 Å². The number of carbonyl (C=O) groups excluding carboxylic acids is 2. The van der Waals surface area contributed by atoms with Gasteiger partial charge in [-0.2, -0.15) is 0 Å². The molecular weight excluding hydrogens is 412 g/mol. The smallest absolute Gasteiger partial charge is 0.270 e. The fourth-order valence-corrected chi connectivity index (χ4v) is 3.22. The maximum Gasteiger partial charge on any atom is 0.270 e. The van der Waals surface area contributed by atoms with E-state index in [0.29, 0.717) is 41.0 Å². The van der Waals surface area contributed by atoms with Crippen molar-refractivity contribution in [1.29, 1.82) is 0 Å². The largest absolute Gasteiger partial charge is 0.494 e. The average molecular weight is 431 g/mol. The predicted molar refractivity (Wildman–Crippen MR) is 116 cm³/mol. The minimum Gasteiger partial charge on any atom is -0.494 e. The second kappa shape index (κ2) is 9.07. The molecule has 29 heavy (non-hydrogen) atoms. The summed E-state index contributed by atoms with van der Waals surface area (Å²) in [4.78, 5) is 26.8. The van der Waals surface area contributed by atoms with Gasteiger partial charge in [-0.3, -0.25) is 19.8 Å². The number of nitrogens with one attached hydrogen (secondary N) is 1. The molecule has 0 bridgehead atoms. The number of benzene rings is 2. The Hall–Kier alpha value is -2.90. The summed E-state index contributed by atoms with van der Waals surface area (Å²) in [6.45, 7) is 4.67. The second-order valence-electron chi connectivity index (χ2n) is 6.00. The van der Waals surface area contributed by atoms with E-state index in [1.807, 2.05) is 13.8 Å². The first-order valence-corrected chi connectivity index (χ1v) is 9.79. The van der Waals surface area contributed by atoms with Crippen LogP contribution in [0.4, 0.5) is 5.69 Å². The number of anilines is 1. The molecule has 0 saturated carbocycles. The van der Waals surface area contributed by atoms with E-state index in [4.69, 9.17) is 33.3 Å². The van der Waals surface area contributed by atoms with Crippen LogP contribution in [-0.4, -0.2) is 30.1 Å². The number of hydrogen-bond donors (Lipinski definition) is 1. The second-order valence-corrected chi connectivity index (χ2v) is 6.82. The van der Waals surface area contributed by atoms with Gasteiger partial charge in [-0.15, -0.1) is 0 Å². The van der Waals surface area contributed by atoms with Crippen molar-refractivity contribution in [2.24, 2.45) is 0 Å². The number of carbonyl (C=O) groups is 2. The zero-order valence-electron chi connectivity index (χ0n) is 15.9. The third kappa shape index (κ3) is 4.58. The summed E-state index contributed by atoms with van der Waals surface area (Å²) in [6, 6.07) is 11.8. The molecule has 1 N–H and O–H groups in total. The van der Waals surface area contributed by atoms with E-state index in [1.54, 1.807) is 42.5 Å². The van der Waals surface area contributed by atoms with Crippen LogP contribution in [0.25, 0.3) is 6.08 Å². The van der Waals surface area contributed by atoms with Crippen LogP contribution in [-0.2, 0) is 9.59 Å². The molecule has 2 aromatic rings. The fraction of sp³-hybridized carbons (Fsp3) is 0.190. The predicted octanol–water partition coefficient (Wildman–Crippen LogP) is 3.97. The van der Waals surface area contributed by atoms with E-state index in [0.717, 1.165) is 0 Å². The molecule has 6 nitrogen and oxygen atoms in total. The molecule has 0 spiro atoms.